The van der Waals surface area contributed by atoms with Crippen LogP contribution in [0.25, 0.3) is 22.0 Å². The van der Waals surface area contributed by atoms with Crippen LogP contribution in [0, 0.1) is 0 Å². The van der Waals surface area contributed by atoms with Crippen LogP contribution in [-0.4, -0.2) is 46.3 Å². The molecule has 0 radical (unpaired) electrons. The highest BCUT2D eigenvalue weighted by Crippen LogP contribution is 2.30. The minimum atomic E-state index is -0.866. The number of rotatable bonds is 5. The summed E-state index contributed by atoms with van der Waals surface area (Å²) in [5.41, 5.74) is 3.65. The van der Waals surface area contributed by atoms with E-state index < -0.39 is 6.23 Å². The number of anilines is 1. The third-order valence-corrected chi connectivity index (χ3v) is 6.85. The maximum Gasteiger partial charge on any atom is 0.152 e. The zero-order valence-corrected chi connectivity index (χ0v) is 19.8. The number of hydrogen-bond donors (Lipinski definition) is 2. The standard InChI is InChI=1S/C23H24IN7O/c1-30-14-21(28-29-30)16-2-3-18-13-26-22(12-19(18)10-16)27-23(32)17-4-7-25-20(11-17)15-5-8-31(24)9-6-15/h2-4,7,10-15,23,32H,5-6,8-9H2,1H3,(H,26,27). The maximum absolute atomic E-state index is 10.8. The third-order valence-electron chi connectivity index (χ3n) is 5.88. The first-order valence-electron chi connectivity index (χ1n) is 10.6. The molecule has 164 valence electrons. The number of aromatic nitrogens is 5. The number of aryl methyl sites for hydroxylation is 1. The van der Waals surface area contributed by atoms with E-state index in [4.69, 9.17) is 0 Å². The van der Waals surface area contributed by atoms with Crippen LogP contribution in [0.15, 0.2) is 55.0 Å². The third kappa shape index (κ3) is 4.59. The fourth-order valence-corrected chi connectivity index (χ4v) is 4.64. The van der Waals surface area contributed by atoms with Gasteiger partial charge in [0.25, 0.3) is 0 Å². The van der Waals surface area contributed by atoms with Crippen LogP contribution in [0.4, 0.5) is 5.82 Å². The van der Waals surface area contributed by atoms with Crippen molar-refractivity contribution in [1.29, 1.82) is 0 Å². The van der Waals surface area contributed by atoms with Gasteiger partial charge in [0.2, 0.25) is 0 Å². The molecule has 32 heavy (non-hydrogen) atoms. The summed E-state index contributed by atoms with van der Waals surface area (Å²) in [5.74, 6) is 1.05. The average molecular weight is 541 g/mol. The molecule has 1 saturated heterocycles. The summed E-state index contributed by atoms with van der Waals surface area (Å²) in [5, 5.41) is 24.2. The summed E-state index contributed by atoms with van der Waals surface area (Å²) in [6.07, 6.45) is 6.78. The first-order chi connectivity index (χ1) is 15.5. The summed E-state index contributed by atoms with van der Waals surface area (Å²) < 4.78 is 4.00. The van der Waals surface area contributed by atoms with Crippen molar-refractivity contribution in [3.8, 4) is 11.3 Å². The zero-order chi connectivity index (χ0) is 22.1. The van der Waals surface area contributed by atoms with E-state index in [-0.39, 0.29) is 0 Å². The Morgan fingerprint density at radius 3 is 2.72 bits per heavy atom. The molecular formula is C23H24IN7O. The predicted molar refractivity (Wildman–Crippen MR) is 132 cm³/mol. The number of halogens is 1. The highest BCUT2D eigenvalue weighted by Gasteiger charge is 2.21. The second-order valence-corrected chi connectivity index (χ2v) is 9.52. The molecule has 2 N–H and O–H groups in total. The fraction of sp³-hybridized carbons (Fsp3) is 0.304. The first-order valence-corrected chi connectivity index (χ1v) is 11.6. The maximum atomic E-state index is 10.8. The number of benzene rings is 1. The minimum Gasteiger partial charge on any atom is -0.369 e. The molecule has 9 heteroatoms. The van der Waals surface area contributed by atoms with Gasteiger partial charge in [-0.25, -0.2) is 8.10 Å². The monoisotopic (exact) mass is 541 g/mol. The lowest BCUT2D eigenvalue weighted by molar-refractivity contribution is 0.207. The number of aliphatic hydroxyl groups is 1. The Kier molecular flexibility index (Phi) is 6.03. The Hall–Kier alpha value is -2.63. The second kappa shape index (κ2) is 9.08. The van der Waals surface area contributed by atoms with Crippen molar-refractivity contribution in [2.45, 2.75) is 25.0 Å². The van der Waals surface area contributed by atoms with E-state index >= 15 is 0 Å². The van der Waals surface area contributed by atoms with Crippen LogP contribution in [0.5, 0.6) is 0 Å². The molecule has 8 nitrogen and oxygen atoms in total. The molecule has 1 aliphatic heterocycles. The Morgan fingerprint density at radius 2 is 1.94 bits per heavy atom. The lowest BCUT2D eigenvalue weighted by Crippen LogP contribution is -2.25. The first kappa shape index (κ1) is 21.2. The summed E-state index contributed by atoms with van der Waals surface area (Å²) in [6.45, 7) is 2.13. The zero-order valence-electron chi connectivity index (χ0n) is 17.7. The summed E-state index contributed by atoms with van der Waals surface area (Å²) in [4.78, 5) is 9.04. The van der Waals surface area contributed by atoms with Gasteiger partial charge in [-0.3, -0.25) is 9.67 Å². The van der Waals surface area contributed by atoms with Crippen molar-refractivity contribution in [3.63, 3.8) is 0 Å². The number of hydrogen-bond acceptors (Lipinski definition) is 7. The van der Waals surface area contributed by atoms with Crippen molar-refractivity contribution in [1.82, 2.24) is 28.1 Å². The van der Waals surface area contributed by atoms with Crippen molar-refractivity contribution in [2.75, 3.05) is 18.4 Å². The lowest BCUT2D eigenvalue weighted by Gasteiger charge is -2.27. The highest BCUT2D eigenvalue weighted by atomic mass is 127. The summed E-state index contributed by atoms with van der Waals surface area (Å²) >= 11 is 2.38. The summed E-state index contributed by atoms with van der Waals surface area (Å²) in [6, 6.07) is 11.9. The van der Waals surface area contributed by atoms with Crippen molar-refractivity contribution in [3.05, 3.63) is 66.2 Å². The summed E-state index contributed by atoms with van der Waals surface area (Å²) in [7, 11) is 1.85. The van der Waals surface area contributed by atoms with E-state index in [1.54, 1.807) is 17.1 Å². The molecule has 1 aromatic carbocycles. The van der Waals surface area contributed by atoms with Gasteiger partial charge >= 0.3 is 0 Å². The van der Waals surface area contributed by atoms with Gasteiger partial charge in [-0.15, -0.1) is 5.10 Å². The van der Waals surface area contributed by atoms with Crippen LogP contribution in [0.3, 0.4) is 0 Å². The van der Waals surface area contributed by atoms with Crippen molar-refractivity contribution < 1.29 is 5.11 Å². The Morgan fingerprint density at radius 1 is 1.09 bits per heavy atom. The topological polar surface area (TPSA) is 92.0 Å². The van der Waals surface area contributed by atoms with Crippen LogP contribution in [0.2, 0.25) is 0 Å². The normalized spacial score (nSPS) is 16.3. The Bertz CT molecular complexity index is 1240. The predicted octanol–water partition coefficient (Wildman–Crippen LogP) is 4.06. The molecule has 1 fully saturated rings. The number of nitrogens with one attached hydrogen (secondary N) is 1. The van der Waals surface area contributed by atoms with Crippen LogP contribution >= 0.6 is 22.9 Å². The van der Waals surface area contributed by atoms with Crippen molar-refractivity contribution >= 4 is 39.5 Å². The molecule has 1 unspecified atom stereocenters. The van der Waals surface area contributed by atoms with E-state index in [0.29, 0.717) is 11.7 Å². The smallest absolute Gasteiger partial charge is 0.152 e. The lowest BCUT2D eigenvalue weighted by atomic mass is 9.93. The van der Waals surface area contributed by atoms with Gasteiger partial charge in [-0.05, 0) is 42.5 Å². The van der Waals surface area contributed by atoms with E-state index in [9.17, 15) is 5.11 Å². The Balaban J connectivity index is 1.35. The van der Waals surface area contributed by atoms with E-state index in [1.165, 1.54) is 0 Å². The Labute approximate surface area is 200 Å². The highest BCUT2D eigenvalue weighted by molar-refractivity contribution is 14.1. The number of piperidine rings is 1. The molecule has 0 bridgehead atoms. The molecule has 3 aromatic heterocycles. The molecule has 0 aliphatic carbocycles. The molecule has 5 rings (SSSR count). The van der Waals surface area contributed by atoms with Gasteiger partial charge < -0.3 is 10.4 Å². The van der Waals surface area contributed by atoms with E-state index in [1.807, 2.05) is 43.6 Å². The molecule has 0 spiro atoms. The van der Waals surface area contributed by atoms with Gasteiger partial charge in [0.1, 0.15) is 11.5 Å². The van der Waals surface area contributed by atoms with Gasteiger partial charge in [0.15, 0.2) is 6.23 Å². The molecule has 0 saturated carbocycles. The van der Waals surface area contributed by atoms with Crippen LogP contribution in [0.1, 0.15) is 36.2 Å². The largest absolute Gasteiger partial charge is 0.369 e. The number of fused-ring (bicyclic) bond motifs is 1. The molecular weight excluding hydrogens is 517 g/mol. The van der Waals surface area contributed by atoms with E-state index in [0.717, 1.165) is 59.2 Å². The van der Waals surface area contributed by atoms with Gasteiger partial charge in [-0.1, -0.05) is 17.3 Å². The molecule has 1 aliphatic rings. The molecule has 1 atom stereocenters. The number of aliphatic hydroxyl groups excluding tert-OH is 1. The number of pyridine rings is 2. The quantitative estimate of drug-likeness (QED) is 0.224. The van der Waals surface area contributed by atoms with Crippen molar-refractivity contribution in [2.24, 2.45) is 7.05 Å². The molecule has 4 aromatic rings. The van der Waals surface area contributed by atoms with Gasteiger partial charge in [-0.2, -0.15) is 0 Å². The van der Waals surface area contributed by atoms with E-state index in [2.05, 4.69) is 57.6 Å². The fourth-order valence-electron chi connectivity index (χ4n) is 4.08. The SMILES string of the molecule is Cn1cc(-c2ccc3cnc(NC(O)c4ccnc(C5CCN(I)CC5)c4)cc3c2)nn1. The molecule has 4 heterocycles. The minimum absolute atomic E-state index is 0.437. The second-order valence-electron chi connectivity index (χ2n) is 8.15. The average Bonchev–Trinajstić information content (AvgIpc) is 3.25. The van der Waals surface area contributed by atoms with Gasteiger partial charge in [0, 0.05) is 83.5 Å². The number of nitrogens with zero attached hydrogens (tertiary/aromatic N) is 6. The van der Waals surface area contributed by atoms with Crippen LogP contribution < -0.4 is 5.32 Å². The van der Waals surface area contributed by atoms with Gasteiger partial charge in [0.05, 0.1) is 6.20 Å². The van der Waals surface area contributed by atoms with Crippen LogP contribution in [-0.2, 0) is 7.05 Å². The molecule has 0 amide bonds.